The molecule has 2 rings (SSSR count). The van der Waals surface area contributed by atoms with E-state index in [0.29, 0.717) is 10.7 Å². The topological polar surface area (TPSA) is 75.9 Å². The monoisotopic (exact) mass is 267 g/mol. The van der Waals surface area contributed by atoms with Crippen molar-refractivity contribution in [1.29, 1.82) is 0 Å². The normalized spacial score (nSPS) is 17.7. The van der Waals surface area contributed by atoms with Crippen LogP contribution in [0.15, 0.2) is 6.07 Å². The third-order valence-corrected chi connectivity index (χ3v) is 4.96. The molecule has 0 aromatic carbocycles. The molecule has 1 aromatic rings. The summed E-state index contributed by atoms with van der Waals surface area (Å²) in [5.41, 5.74) is 5.68. The van der Waals surface area contributed by atoms with E-state index in [1.165, 1.54) is 25.7 Å². The Morgan fingerprint density at radius 2 is 2.00 bits per heavy atom. The van der Waals surface area contributed by atoms with E-state index < -0.39 is 0 Å². The fraction of sp³-hybridized carbons (Fsp3) is 0.667. The molecule has 1 aliphatic carbocycles. The van der Waals surface area contributed by atoms with Gasteiger partial charge in [-0.05, 0) is 19.1 Å². The Morgan fingerprint density at radius 1 is 1.33 bits per heavy atom. The summed E-state index contributed by atoms with van der Waals surface area (Å²) in [4.78, 5) is 8.29. The minimum atomic E-state index is 0.300. The summed E-state index contributed by atoms with van der Waals surface area (Å²) in [5.74, 6) is 1.84. The SMILES string of the molecule is CNc1cc(NCC2(SC)CCCC2)nc(N)n1. The van der Waals surface area contributed by atoms with E-state index in [9.17, 15) is 0 Å². The largest absolute Gasteiger partial charge is 0.373 e. The molecule has 1 saturated carbocycles. The summed E-state index contributed by atoms with van der Waals surface area (Å²) < 4.78 is 0.361. The zero-order valence-corrected chi connectivity index (χ0v) is 11.8. The van der Waals surface area contributed by atoms with Crippen LogP contribution in [0.4, 0.5) is 17.6 Å². The molecule has 0 aliphatic heterocycles. The van der Waals surface area contributed by atoms with Crippen LogP contribution >= 0.6 is 11.8 Å². The Balaban J connectivity index is 2.03. The molecule has 0 unspecified atom stereocenters. The molecule has 4 N–H and O–H groups in total. The van der Waals surface area contributed by atoms with Crippen LogP contribution in [0.3, 0.4) is 0 Å². The molecule has 0 amide bonds. The highest BCUT2D eigenvalue weighted by Crippen LogP contribution is 2.40. The van der Waals surface area contributed by atoms with Gasteiger partial charge in [0.05, 0.1) is 0 Å². The number of nitrogens with one attached hydrogen (secondary N) is 2. The van der Waals surface area contributed by atoms with E-state index in [-0.39, 0.29) is 0 Å². The minimum absolute atomic E-state index is 0.300. The van der Waals surface area contributed by atoms with Crippen molar-refractivity contribution in [1.82, 2.24) is 9.97 Å². The van der Waals surface area contributed by atoms with Crippen LogP contribution in [-0.4, -0.2) is 34.6 Å². The van der Waals surface area contributed by atoms with Crippen molar-refractivity contribution < 1.29 is 0 Å². The van der Waals surface area contributed by atoms with Gasteiger partial charge >= 0.3 is 0 Å². The van der Waals surface area contributed by atoms with Crippen LogP contribution in [0.5, 0.6) is 0 Å². The van der Waals surface area contributed by atoms with Gasteiger partial charge in [0.15, 0.2) is 0 Å². The predicted molar refractivity (Wildman–Crippen MR) is 79.2 cm³/mol. The molecule has 1 aliphatic rings. The summed E-state index contributed by atoms with van der Waals surface area (Å²) in [6.07, 6.45) is 7.41. The molecule has 1 aromatic heterocycles. The lowest BCUT2D eigenvalue weighted by Gasteiger charge is -2.27. The second-order valence-electron chi connectivity index (χ2n) is 4.69. The van der Waals surface area contributed by atoms with Crippen molar-refractivity contribution in [2.24, 2.45) is 0 Å². The van der Waals surface area contributed by atoms with E-state index in [2.05, 4.69) is 26.9 Å². The van der Waals surface area contributed by atoms with Crippen molar-refractivity contribution in [2.75, 3.05) is 36.2 Å². The maximum Gasteiger partial charge on any atom is 0.223 e. The van der Waals surface area contributed by atoms with Crippen molar-refractivity contribution in [3.63, 3.8) is 0 Å². The average molecular weight is 267 g/mol. The fourth-order valence-electron chi connectivity index (χ4n) is 2.41. The number of thioether (sulfide) groups is 1. The lowest BCUT2D eigenvalue weighted by Crippen LogP contribution is -2.30. The summed E-state index contributed by atoms with van der Waals surface area (Å²) >= 11 is 1.96. The highest BCUT2D eigenvalue weighted by molar-refractivity contribution is 8.00. The Labute approximate surface area is 112 Å². The average Bonchev–Trinajstić information content (AvgIpc) is 2.85. The molecular weight excluding hydrogens is 246 g/mol. The molecule has 0 saturated heterocycles. The summed E-state index contributed by atoms with van der Waals surface area (Å²) in [7, 11) is 1.83. The van der Waals surface area contributed by atoms with Gasteiger partial charge in [-0.3, -0.25) is 0 Å². The standard InChI is InChI=1S/C12H21N5S/c1-14-9-7-10(17-11(13)16-9)15-8-12(18-2)5-3-4-6-12/h7H,3-6,8H2,1-2H3,(H4,13,14,15,16,17). The molecule has 0 bridgehead atoms. The second kappa shape index (κ2) is 5.65. The Morgan fingerprint density at radius 3 is 2.61 bits per heavy atom. The van der Waals surface area contributed by atoms with Crippen molar-refractivity contribution in [2.45, 2.75) is 30.4 Å². The number of aromatic nitrogens is 2. The smallest absolute Gasteiger partial charge is 0.223 e. The first-order valence-corrected chi connectivity index (χ1v) is 7.51. The highest BCUT2D eigenvalue weighted by Gasteiger charge is 2.32. The minimum Gasteiger partial charge on any atom is -0.373 e. The van der Waals surface area contributed by atoms with E-state index in [1.54, 1.807) is 0 Å². The van der Waals surface area contributed by atoms with Gasteiger partial charge in [0, 0.05) is 24.4 Å². The predicted octanol–water partition coefficient (Wildman–Crippen LogP) is 2.19. The third kappa shape index (κ3) is 2.98. The second-order valence-corrected chi connectivity index (χ2v) is 5.97. The molecule has 5 nitrogen and oxygen atoms in total. The number of hydrogen-bond donors (Lipinski definition) is 3. The molecular formula is C12H21N5S. The van der Waals surface area contributed by atoms with Crippen LogP contribution in [0.1, 0.15) is 25.7 Å². The molecule has 1 heterocycles. The summed E-state index contributed by atoms with van der Waals surface area (Å²) in [6, 6.07) is 1.89. The lowest BCUT2D eigenvalue weighted by molar-refractivity contribution is 0.638. The number of nitrogens with two attached hydrogens (primary N) is 1. The van der Waals surface area contributed by atoms with Crippen LogP contribution in [0, 0.1) is 0 Å². The zero-order chi connectivity index (χ0) is 13.0. The van der Waals surface area contributed by atoms with Crippen molar-refractivity contribution in [3.8, 4) is 0 Å². The highest BCUT2D eigenvalue weighted by atomic mass is 32.2. The molecule has 18 heavy (non-hydrogen) atoms. The number of hydrogen-bond acceptors (Lipinski definition) is 6. The van der Waals surface area contributed by atoms with E-state index >= 15 is 0 Å². The quantitative estimate of drug-likeness (QED) is 0.759. The lowest BCUT2D eigenvalue weighted by atomic mass is 10.1. The van der Waals surface area contributed by atoms with Crippen molar-refractivity contribution in [3.05, 3.63) is 6.07 Å². The number of anilines is 3. The molecule has 0 radical (unpaired) electrons. The van der Waals surface area contributed by atoms with Gasteiger partial charge in [0.25, 0.3) is 0 Å². The molecule has 1 fully saturated rings. The van der Waals surface area contributed by atoms with Gasteiger partial charge in [0.1, 0.15) is 11.6 Å². The van der Waals surface area contributed by atoms with E-state index in [0.717, 1.165) is 18.2 Å². The molecule has 0 atom stereocenters. The maximum absolute atomic E-state index is 5.68. The van der Waals surface area contributed by atoms with Gasteiger partial charge in [-0.2, -0.15) is 21.7 Å². The summed E-state index contributed by atoms with van der Waals surface area (Å²) in [5, 5.41) is 6.39. The Bertz CT molecular complexity index is 403. The van der Waals surface area contributed by atoms with Crippen molar-refractivity contribution >= 4 is 29.3 Å². The Kier molecular flexibility index (Phi) is 4.16. The van der Waals surface area contributed by atoms with Gasteiger partial charge in [-0.1, -0.05) is 12.8 Å². The Hall–Kier alpha value is -1.17. The van der Waals surface area contributed by atoms with Gasteiger partial charge in [-0.15, -0.1) is 0 Å². The van der Waals surface area contributed by atoms with Gasteiger partial charge < -0.3 is 16.4 Å². The zero-order valence-electron chi connectivity index (χ0n) is 11.0. The van der Waals surface area contributed by atoms with Gasteiger partial charge in [-0.25, -0.2) is 0 Å². The van der Waals surface area contributed by atoms with Gasteiger partial charge in [0.2, 0.25) is 5.95 Å². The van der Waals surface area contributed by atoms with Crippen LogP contribution in [0.2, 0.25) is 0 Å². The molecule has 6 heteroatoms. The molecule has 0 spiro atoms. The van der Waals surface area contributed by atoms with E-state index in [1.807, 2.05) is 24.9 Å². The third-order valence-electron chi connectivity index (χ3n) is 3.54. The first kappa shape index (κ1) is 13.3. The maximum atomic E-state index is 5.68. The first-order chi connectivity index (χ1) is 8.67. The van der Waals surface area contributed by atoms with Crippen LogP contribution in [-0.2, 0) is 0 Å². The number of nitrogen functional groups attached to an aromatic ring is 1. The first-order valence-electron chi connectivity index (χ1n) is 6.29. The molecule has 100 valence electrons. The van der Waals surface area contributed by atoms with Crippen LogP contribution in [0.25, 0.3) is 0 Å². The van der Waals surface area contributed by atoms with Crippen LogP contribution < -0.4 is 16.4 Å². The summed E-state index contributed by atoms with van der Waals surface area (Å²) in [6.45, 7) is 0.938. The number of nitrogens with zero attached hydrogens (tertiary/aromatic N) is 2. The number of rotatable bonds is 5. The fourth-order valence-corrected chi connectivity index (χ4v) is 3.32. The van der Waals surface area contributed by atoms with E-state index in [4.69, 9.17) is 5.73 Å².